The van der Waals surface area contributed by atoms with Gasteiger partial charge in [-0.3, -0.25) is 0 Å². The molecule has 4 atom stereocenters. The van der Waals surface area contributed by atoms with Gasteiger partial charge in [0, 0.05) is 23.0 Å². The highest BCUT2D eigenvalue weighted by Gasteiger charge is 2.64. The van der Waals surface area contributed by atoms with Crippen LogP contribution in [0.1, 0.15) is 56.6 Å². The zero-order chi connectivity index (χ0) is 19.3. The van der Waals surface area contributed by atoms with Gasteiger partial charge in [0.05, 0.1) is 41.6 Å². The lowest BCUT2D eigenvalue weighted by molar-refractivity contribution is -0.252. The molecule has 2 aromatic rings. The molecule has 0 radical (unpaired) electrons. The minimum atomic E-state index is -0.881. The molecule has 2 heterocycles. The van der Waals surface area contributed by atoms with E-state index in [-0.39, 0.29) is 17.8 Å². The van der Waals surface area contributed by atoms with E-state index in [0.29, 0.717) is 31.2 Å². The van der Waals surface area contributed by atoms with Gasteiger partial charge in [-0.25, -0.2) is 9.37 Å². The van der Waals surface area contributed by atoms with E-state index in [1.807, 2.05) is 10.6 Å². The molecule has 28 heavy (non-hydrogen) atoms. The maximum Gasteiger partial charge on any atom is 0.129 e. The zero-order valence-electron chi connectivity index (χ0n) is 15.7. The highest BCUT2D eigenvalue weighted by Crippen LogP contribution is 2.65. The number of aliphatic hydroxyl groups excluding tert-OH is 1. The molecule has 5 nitrogen and oxygen atoms in total. The number of imidazole rings is 1. The summed E-state index contributed by atoms with van der Waals surface area (Å²) in [4.78, 5) is 4.22. The van der Waals surface area contributed by atoms with Crippen LogP contribution in [-0.4, -0.2) is 42.2 Å². The van der Waals surface area contributed by atoms with Crippen molar-refractivity contribution < 1.29 is 19.7 Å². The Bertz CT molecular complexity index is 954. The lowest BCUT2D eigenvalue weighted by atomic mass is 9.44. The third-order valence-electron chi connectivity index (χ3n) is 7.87. The van der Waals surface area contributed by atoms with Crippen LogP contribution in [0.4, 0.5) is 4.39 Å². The van der Waals surface area contributed by atoms with E-state index in [9.17, 15) is 19.7 Å². The first kappa shape index (κ1) is 17.1. The Morgan fingerprint density at radius 1 is 1.14 bits per heavy atom. The van der Waals surface area contributed by atoms with Gasteiger partial charge < -0.3 is 19.9 Å². The molecule has 4 saturated carbocycles. The smallest absolute Gasteiger partial charge is 0.129 e. The molecule has 6 heteroatoms. The van der Waals surface area contributed by atoms with E-state index >= 15 is 0 Å². The third-order valence-corrected chi connectivity index (χ3v) is 7.87. The fourth-order valence-electron chi connectivity index (χ4n) is 7.47. The van der Waals surface area contributed by atoms with Crippen LogP contribution in [0.2, 0.25) is 0 Å². The number of nitrogens with zero attached hydrogens (tertiary/aromatic N) is 2. The quantitative estimate of drug-likeness (QED) is 0.760. The number of hydrogen-bond donors (Lipinski definition) is 3. The van der Waals surface area contributed by atoms with Gasteiger partial charge in [0.15, 0.2) is 0 Å². The Morgan fingerprint density at radius 3 is 2.61 bits per heavy atom. The average molecular weight is 384 g/mol. The molecule has 5 aliphatic rings. The number of benzene rings is 1. The second kappa shape index (κ2) is 5.23. The molecule has 7 rings (SSSR count). The van der Waals surface area contributed by atoms with E-state index in [1.54, 1.807) is 18.6 Å². The topological polar surface area (TPSA) is 78.5 Å². The van der Waals surface area contributed by atoms with Gasteiger partial charge in [0.2, 0.25) is 0 Å². The first-order chi connectivity index (χ1) is 13.3. The van der Waals surface area contributed by atoms with Crippen LogP contribution >= 0.6 is 0 Å². The number of fused-ring (bicyclic) bond motifs is 3. The van der Waals surface area contributed by atoms with E-state index in [2.05, 4.69) is 4.98 Å². The molecular weight excluding hydrogens is 359 g/mol. The number of hydrogen-bond acceptors (Lipinski definition) is 4. The van der Waals surface area contributed by atoms with Crippen LogP contribution in [0.25, 0.3) is 11.3 Å². The minimum Gasteiger partial charge on any atom is -0.392 e. The number of rotatable bonds is 3. The zero-order valence-corrected chi connectivity index (χ0v) is 15.7. The number of halogens is 1. The van der Waals surface area contributed by atoms with Gasteiger partial charge in [-0.15, -0.1) is 0 Å². The molecule has 0 spiro atoms. The molecular formula is C22H25FN2O3. The molecule has 3 N–H and O–H groups in total. The van der Waals surface area contributed by atoms with Crippen molar-refractivity contribution in [1.29, 1.82) is 0 Å². The molecule has 1 aromatic heterocycles. The third kappa shape index (κ3) is 2.19. The number of aromatic nitrogens is 2. The van der Waals surface area contributed by atoms with Crippen molar-refractivity contribution in [2.75, 3.05) is 0 Å². The van der Waals surface area contributed by atoms with Crippen molar-refractivity contribution in [1.82, 2.24) is 9.55 Å². The first-order valence-electron chi connectivity index (χ1n) is 10.2. The Hall–Kier alpha value is -1.76. The predicted molar refractivity (Wildman–Crippen MR) is 99.9 cm³/mol. The molecule has 4 aliphatic carbocycles. The van der Waals surface area contributed by atoms with E-state index < -0.39 is 22.7 Å². The Balaban J connectivity index is 1.37. The second-order valence-electron chi connectivity index (χ2n) is 9.97. The van der Waals surface area contributed by atoms with Gasteiger partial charge in [-0.1, -0.05) is 12.1 Å². The fraction of sp³-hybridized carbons (Fsp3) is 0.591. The van der Waals surface area contributed by atoms with Crippen LogP contribution in [0, 0.1) is 17.2 Å². The molecule has 1 aromatic carbocycles. The minimum absolute atomic E-state index is 0.248. The summed E-state index contributed by atoms with van der Waals surface area (Å²) in [7, 11) is 0. The lowest BCUT2D eigenvalue weighted by Gasteiger charge is -2.64. The SMILES string of the molecule is O[C@@H](C[C@@H]1c2c(F)cccc2-c2cncn21)C12CC3CC(O)(CC(O)(C3)C1)C2. The summed E-state index contributed by atoms with van der Waals surface area (Å²) in [5, 5.41) is 33.5. The Labute approximate surface area is 162 Å². The standard InChI is InChI=1S/C22H25FN2O3/c23-15-3-1-2-14-17-8-24-12-25(17)16(19(14)15)4-18(26)20-5-13-6-21(27,9-20)11-22(28,7-13)10-20/h1-3,8,12-13,16,18,26-28H,4-7,9-11H2/t13?,16-,18+,20?,21?,22?/m1/s1. The van der Waals surface area contributed by atoms with Crippen LogP contribution in [-0.2, 0) is 0 Å². The van der Waals surface area contributed by atoms with Gasteiger partial charge in [0.25, 0.3) is 0 Å². The number of aliphatic hydroxyl groups is 3. The van der Waals surface area contributed by atoms with E-state index in [0.717, 1.165) is 30.5 Å². The van der Waals surface area contributed by atoms with Crippen molar-refractivity contribution in [2.45, 2.75) is 68.3 Å². The summed E-state index contributed by atoms with van der Waals surface area (Å²) < 4.78 is 16.7. The highest BCUT2D eigenvalue weighted by atomic mass is 19.1. The van der Waals surface area contributed by atoms with Crippen molar-refractivity contribution >= 4 is 0 Å². The van der Waals surface area contributed by atoms with Crippen molar-refractivity contribution in [3.05, 3.63) is 42.1 Å². The summed E-state index contributed by atoms with van der Waals surface area (Å²) in [5.74, 6) is -0.0153. The van der Waals surface area contributed by atoms with Crippen molar-refractivity contribution in [3.63, 3.8) is 0 Å². The van der Waals surface area contributed by atoms with Crippen LogP contribution in [0.5, 0.6) is 0 Å². The first-order valence-corrected chi connectivity index (χ1v) is 10.2. The van der Waals surface area contributed by atoms with Gasteiger partial charge >= 0.3 is 0 Å². The van der Waals surface area contributed by atoms with Crippen LogP contribution in [0.3, 0.4) is 0 Å². The second-order valence-corrected chi connectivity index (χ2v) is 9.97. The predicted octanol–water partition coefficient (Wildman–Crippen LogP) is 2.79. The molecule has 2 unspecified atom stereocenters. The molecule has 4 bridgehead atoms. The molecule has 0 amide bonds. The van der Waals surface area contributed by atoms with Gasteiger partial charge in [-0.05, 0) is 50.5 Å². The van der Waals surface area contributed by atoms with Crippen LogP contribution < -0.4 is 0 Å². The lowest BCUT2D eigenvalue weighted by Crippen LogP contribution is -2.65. The normalized spacial score (nSPS) is 41.1. The fourth-order valence-corrected chi connectivity index (χ4v) is 7.47. The maximum atomic E-state index is 14.7. The average Bonchev–Trinajstić information content (AvgIpc) is 3.15. The maximum absolute atomic E-state index is 14.7. The largest absolute Gasteiger partial charge is 0.392 e. The summed E-state index contributed by atoms with van der Waals surface area (Å²) in [6, 6.07) is 4.75. The summed E-state index contributed by atoms with van der Waals surface area (Å²) in [6.07, 6.45) is 6.79. The summed E-state index contributed by atoms with van der Waals surface area (Å²) >= 11 is 0. The van der Waals surface area contributed by atoms with E-state index in [4.69, 9.17) is 0 Å². The summed E-state index contributed by atoms with van der Waals surface area (Å²) in [5.41, 5.74) is 0.0491. The Kier molecular flexibility index (Phi) is 3.20. The molecule has 148 valence electrons. The highest BCUT2D eigenvalue weighted by molar-refractivity contribution is 5.69. The van der Waals surface area contributed by atoms with E-state index in [1.165, 1.54) is 6.07 Å². The molecule has 4 fully saturated rings. The van der Waals surface area contributed by atoms with Gasteiger partial charge in [0.1, 0.15) is 5.82 Å². The van der Waals surface area contributed by atoms with Crippen molar-refractivity contribution in [2.24, 2.45) is 11.3 Å². The van der Waals surface area contributed by atoms with Crippen LogP contribution in [0.15, 0.2) is 30.7 Å². The monoisotopic (exact) mass is 384 g/mol. The Morgan fingerprint density at radius 2 is 1.89 bits per heavy atom. The molecule has 0 saturated heterocycles. The molecule has 1 aliphatic heterocycles. The summed E-state index contributed by atoms with van der Waals surface area (Å²) in [6.45, 7) is 0. The van der Waals surface area contributed by atoms with Gasteiger partial charge in [-0.2, -0.15) is 0 Å². The van der Waals surface area contributed by atoms with Crippen molar-refractivity contribution in [3.8, 4) is 11.3 Å².